The van der Waals surface area contributed by atoms with E-state index in [0.29, 0.717) is 44.1 Å². The summed E-state index contributed by atoms with van der Waals surface area (Å²) in [4.78, 5) is 23.5. The Bertz CT molecular complexity index is 692. The highest BCUT2D eigenvalue weighted by atomic mass is 19.4. The van der Waals surface area contributed by atoms with E-state index in [-0.39, 0.29) is 17.6 Å². The van der Waals surface area contributed by atoms with E-state index in [0.717, 1.165) is 0 Å². The average Bonchev–Trinajstić information content (AvgIpc) is 3.34. The molecule has 2 saturated carbocycles. The number of benzene rings is 1. The van der Waals surface area contributed by atoms with Crippen molar-refractivity contribution in [1.29, 1.82) is 0 Å². The number of carbonyl (C=O) groups excluding carboxylic acids is 1. The number of alkyl halides is 3. The maximum Gasteiger partial charge on any atom is 0.573 e. The number of hydrogen-bond donors (Lipinski definition) is 2. The summed E-state index contributed by atoms with van der Waals surface area (Å²) in [6, 6.07) is 5.68. The van der Waals surface area contributed by atoms with Gasteiger partial charge < -0.3 is 15.2 Å². The average molecular weight is 371 g/mol. The van der Waals surface area contributed by atoms with Crippen molar-refractivity contribution in [1.82, 2.24) is 5.32 Å². The van der Waals surface area contributed by atoms with Crippen molar-refractivity contribution < 1.29 is 32.6 Å². The van der Waals surface area contributed by atoms with Crippen LogP contribution in [-0.4, -0.2) is 23.3 Å². The Morgan fingerprint density at radius 3 is 2.27 bits per heavy atom. The fourth-order valence-electron chi connectivity index (χ4n) is 3.54. The molecule has 0 heterocycles. The SMILES string of the molecule is O=C(O)C1CCC(C(=O)NC2(c3cccc(OC(F)(F)F)c3)CC2)CC1. The first-order chi connectivity index (χ1) is 12.2. The fraction of sp³-hybridized carbons (Fsp3) is 0.556. The number of nitrogens with one attached hydrogen (secondary N) is 1. The Kier molecular flexibility index (Phi) is 4.86. The second-order valence-electron chi connectivity index (χ2n) is 7.03. The number of aliphatic carboxylic acids is 1. The molecule has 1 aromatic carbocycles. The van der Waals surface area contributed by atoms with Crippen molar-refractivity contribution >= 4 is 11.9 Å². The molecule has 0 aliphatic heterocycles. The quantitative estimate of drug-likeness (QED) is 0.830. The van der Waals surface area contributed by atoms with Crippen LogP contribution >= 0.6 is 0 Å². The van der Waals surface area contributed by atoms with E-state index in [2.05, 4.69) is 10.1 Å². The van der Waals surface area contributed by atoms with Crippen LogP contribution in [0.3, 0.4) is 0 Å². The summed E-state index contributed by atoms with van der Waals surface area (Å²) < 4.78 is 41.1. The summed E-state index contributed by atoms with van der Waals surface area (Å²) >= 11 is 0. The van der Waals surface area contributed by atoms with Crippen LogP contribution in [-0.2, 0) is 15.1 Å². The van der Waals surface area contributed by atoms with Gasteiger partial charge in [0.05, 0.1) is 11.5 Å². The Balaban J connectivity index is 1.64. The van der Waals surface area contributed by atoms with Gasteiger partial charge in [0.25, 0.3) is 0 Å². The lowest BCUT2D eigenvalue weighted by Gasteiger charge is -2.28. The van der Waals surface area contributed by atoms with Crippen LogP contribution in [0.2, 0.25) is 0 Å². The summed E-state index contributed by atoms with van der Waals surface area (Å²) in [5.41, 5.74) is -0.0575. The lowest BCUT2D eigenvalue weighted by Crippen LogP contribution is -2.40. The van der Waals surface area contributed by atoms with Gasteiger partial charge >= 0.3 is 12.3 Å². The number of rotatable bonds is 5. The molecule has 0 bridgehead atoms. The molecule has 0 unspecified atom stereocenters. The summed E-state index contributed by atoms with van der Waals surface area (Å²) in [7, 11) is 0. The molecule has 0 radical (unpaired) electrons. The fourth-order valence-corrected chi connectivity index (χ4v) is 3.54. The number of halogens is 3. The highest BCUT2D eigenvalue weighted by Gasteiger charge is 2.47. The van der Waals surface area contributed by atoms with E-state index >= 15 is 0 Å². The number of carboxylic acid groups (broad SMARTS) is 1. The summed E-state index contributed by atoms with van der Waals surface area (Å²) in [5.74, 6) is -1.95. The molecule has 2 N–H and O–H groups in total. The third-order valence-corrected chi connectivity index (χ3v) is 5.18. The van der Waals surface area contributed by atoms with E-state index in [9.17, 15) is 22.8 Å². The van der Waals surface area contributed by atoms with Crippen LogP contribution in [0.5, 0.6) is 5.75 Å². The number of carbonyl (C=O) groups is 2. The van der Waals surface area contributed by atoms with E-state index in [1.807, 2.05) is 0 Å². The standard InChI is InChI=1S/C18H20F3NO4/c19-18(20,21)26-14-3-1-2-13(10-14)17(8-9-17)22-15(23)11-4-6-12(7-5-11)16(24)25/h1-3,10-12H,4-9H2,(H,22,23)(H,24,25). The third-order valence-electron chi connectivity index (χ3n) is 5.18. The monoisotopic (exact) mass is 371 g/mol. The summed E-state index contributed by atoms with van der Waals surface area (Å²) in [6.07, 6.45) is -1.50. The number of amides is 1. The molecular weight excluding hydrogens is 351 g/mol. The normalized spacial score (nSPS) is 24.6. The maximum atomic E-state index is 12.5. The van der Waals surface area contributed by atoms with Crippen molar-refractivity contribution in [3.05, 3.63) is 29.8 Å². The van der Waals surface area contributed by atoms with Gasteiger partial charge in [-0.2, -0.15) is 0 Å². The molecule has 8 heteroatoms. The minimum atomic E-state index is -4.76. The van der Waals surface area contributed by atoms with Crippen LogP contribution in [0, 0.1) is 11.8 Å². The van der Waals surface area contributed by atoms with Gasteiger partial charge in [0.15, 0.2) is 0 Å². The molecule has 2 aliphatic rings. The van der Waals surface area contributed by atoms with Crippen molar-refractivity contribution in [2.45, 2.75) is 50.4 Å². The van der Waals surface area contributed by atoms with Crippen molar-refractivity contribution in [3.63, 3.8) is 0 Å². The zero-order chi connectivity index (χ0) is 18.9. The maximum absolute atomic E-state index is 12.5. The lowest BCUT2D eigenvalue weighted by molar-refractivity contribution is -0.274. The van der Waals surface area contributed by atoms with Crippen LogP contribution in [0.1, 0.15) is 44.1 Å². The van der Waals surface area contributed by atoms with Gasteiger partial charge in [-0.25, -0.2) is 0 Å². The van der Waals surface area contributed by atoms with Crippen molar-refractivity contribution in [2.24, 2.45) is 11.8 Å². The van der Waals surface area contributed by atoms with E-state index < -0.39 is 23.8 Å². The predicted molar refractivity (Wildman–Crippen MR) is 85.3 cm³/mol. The Labute approximate surface area is 148 Å². The zero-order valence-corrected chi connectivity index (χ0v) is 14.0. The predicted octanol–water partition coefficient (Wildman–Crippen LogP) is 3.58. The number of carboxylic acids is 1. The minimum Gasteiger partial charge on any atom is -0.481 e. The smallest absolute Gasteiger partial charge is 0.481 e. The van der Waals surface area contributed by atoms with Crippen LogP contribution in [0.15, 0.2) is 24.3 Å². The van der Waals surface area contributed by atoms with Gasteiger partial charge in [-0.05, 0) is 56.2 Å². The molecule has 0 aromatic heterocycles. The second kappa shape index (κ2) is 6.81. The molecule has 142 valence electrons. The number of ether oxygens (including phenoxy) is 1. The molecule has 5 nitrogen and oxygen atoms in total. The first-order valence-corrected chi connectivity index (χ1v) is 8.60. The Hall–Kier alpha value is -2.25. The van der Waals surface area contributed by atoms with Crippen molar-refractivity contribution in [3.8, 4) is 5.75 Å². The molecule has 2 fully saturated rings. The Morgan fingerprint density at radius 1 is 1.12 bits per heavy atom. The first kappa shape index (κ1) is 18.5. The molecule has 1 aromatic rings. The van der Waals surface area contributed by atoms with Crippen LogP contribution < -0.4 is 10.1 Å². The molecule has 1 amide bonds. The lowest BCUT2D eigenvalue weighted by atomic mass is 9.81. The molecule has 26 heavy (non-hydrogen) atoms. The van der Waals surface area contributed by atoms with E-state index in [4.69, 9.17) is 5.11 Å². The van der Waals surface area contributed by atoms with Crippen LogP contribution in [0.25, 0.3) is 0 Å². The molecule has 3 rings (SSSR count). The van der Waals surface area contributed by atoms with Gasteiger partial charge in [0.1, 0.15) is 5.75 Å². The minimum absolute atomic E-state index is 0.159. The largest absolute Gasteiger partial charge is 0.573 e. The van der Waals surface area contributed by atoms with E-state index in [1.54, 1.807) is 6.07 Å². The van der Waals surface area contributed by atoms with Gasteiger partial charge in [-0.15, -0.1) is 13.2 Å². The highest BCUT2D eigenvalue weighted by molar-refractivity contribution is 5.80. The number of hydrogen-bond acceptors (Lipinski definition) is 3. The molecule has 0 atom stereocenters. The molecular formula is C18H20F3NO4. The highest BCUT2D eigenvalue weighted by Crippen LogP contribution is 2.47. The second-order valence-corrected chi connectivity index (χ2v) is 7.03. The topological polar surface area (TPSA) is 75.6 Å². The zero-order valence-electron chi connectivity index (χ0n) is 14.0. The van der Waals surface area contributed by atoms with Crippen LogP contribution in [0.4, 0.5) is 13.2 Å². The van der Waals surface area contributed by atoms with Gasteiger partial charge in [0.2, 0.25) is 5.91 Å². The van der Waals surface area contributed by atoms with Gasteiger partial charge in [-0.3, -0.25) is 9.59 Å². The molecule has 0 saturated heterocycles. The van der Waals surface area contributed by atoms with E-state index in [1.165, 1.54) is 18.2 Å². The molecule has 0 spiro atoms. The first-order valence-electron chi connectivity index (χ1n) is 8.60. The van der Waals surface area contributed by atoms with Gasteiger partial charge in [-0.1, -0.05) is 12.1 Å². The van der Waals surface area contributed by atoms with Gasteiger partial charge in [0, 0.05) is 5.92 Å². The Morgan fingerprint density at radius 2 is 1.73 bits per heavy atom. The third kappa shape index (κ3) is 4.28. The summed E-state index contributed by atoms with van der Waals surface area (Å²) in [6.45, 7) is 0. The van der Waals surface area contributed by atoms with Crippen molar-refractivity contribution in [2.75, 3.05) is 0 Å². The summed E-state index contributed by atoms with van der Waals surface area (Å²) in [5, 5.41) is 12.0. The molecule has 2 aliphatic carbocycles.